The van der Waals surface area contributed by atoms with Crippen molar-refractivity contribution in [3.05, 3.63) is 21.3 Å². The van der Waals surface area contributed by atoms with E-state index >= 15 is 0 Å². The summed E-state index contributed by atoms with van der Waals surface area (Å²) < 4.78 is 0.926. The van der Waals surface area contributed by atoms with Gasteiger partial charge in [-0.05, 0) is 44.4 Å². The molecule has 1 aliphatic rings. The highest BCUT2D eigenvalue weighted by atomic mass is 35.5. The quantitative estimate of drug-likeness (QED) is 0.774. The third-order valence-electron chi connectivity index (χ3n) is 3.33. The normalized spacial score (nSPS) is 27.6. The van der Waals surface area contributed by atoms with E-state index in [4.69, 9.17) is 11.6 Å². The van der Waals surface area contributed by atoms with E-state index in [1.165, 1.54) is 37.0 Å². The third kappa shape index (κ3) is 2.96. The van der Waals surface area contributed by atoms with Gasteiger partial charge in [0, 0.05) is 10.9 Å². The first-order valence-electron chi connectivity index (χ1n) is 5.72. The summed E-state index contributed by atoms with van der Waals surface area (Å²) in [6, 6.07) is 4.93. The number of hydrogen-bond donors (Lipinski definition) is 1. The first-order chi connectivity index (χ1) is 7.29. The Morgan fingerprint density at radius 3 is 2.80 bits per heavy atom. The monoisotopic (exact) mass is 243 g/mol. The Morgan fingerprint density at radius 1 is 1.33 bits per heavy atom. The van der Waals surface area contributed by atoms with Crippen molar-refractivity contribution in [2.75, 3.05) is 7.05 Å². The van der Waals surface area contributed by atoms with Gasteiger partial charge in [0.25, 0.3) is 0 Å². The van der Waals surface area contributed by atoms with Gasteiger partial charge in [-0.2, -0.15) is 0 Å². The Hall–Kier alpha value is -0.0500. The van der Waals surface area contributed by atoms with Crippen LogP contribution in [0.1, 0.15) is 42.9 Å². The van der Waals surface area contributed by atoms with Gasteiger partial charge in [0.1, 0.15) is 0 Å². The largest absolute Gasteiger partial charge is 0.317 e. The molecule has 1 aromatic heterocycles. The van der Waals surface area contributed by atoms with Gasteiger partial charge in [-0.3, -0.25) is 0 Å². The SMILES string of the molecule is CNC1CCCCC(c2ccc(Cl)s2)C1. The van der Waals surface area contributed by atoms with Crippen LogP contribution in [0.4, 0.5) is 0 Å². The van der Waals surface area contributed by atoms with Gasteiger partial charge in [0.05, 0.1) is 4.34 Å². The minimum atomic E-state index is 0.693. The van der Waals surface area contributed by atoms with Crippen LogP contribution < -0.4 is 5.32 Å². The van der Waals surface area contributed by atoms with Crippen molar-refractivity contribution >= 4 is 22.9 Å². The standard InChI is InChI=1S/C12H18ClNS/c1-14-10-5-3-2-4-9(8-10)11-6-7-12(13)15-11/h6-7,9-10,14H,2-5,8H2,1H3. The van der Waals surface area contributed by atoms with Crippen LogP contribution in [0.3, 0.4) is 0 Å². The minimum Gasteiger partial charge on any atom is -0.317 e. The average Bonchev–Trinajstić information content (AvgIpc) is 2.54. The van der Waals surface area contributed by atoms with Crippen molar-refractivity contribution in [3.63, 3.8) is 0 Å². The van der Waals surface area contributed by atoms with Crippen molar-refractivity contribution in [1.82, 2.24) is 5.32 Å². The second-order valence-corrected chi connectivity index (χ2v) is 6.09. The van der Waals surface area contributed by atoms with Crippen LogP contribution in [-0.4, -0.2) is 13.1 Å². The van der Waals surface area contributed by atoms with Crippen LogP contribution in [0.15, 0.2) is 12.1 Å². The predicted molar refractivity (Wildman–Crippen MR) is 68.0 cm³/mol. The molecule has 0 spiro atoms. The fraction of sp³-hybridized carbons (Fsp3) is 0.667. The van der Waals surface area contributed by atoms with Crippen molar-refractivity contribution in [2.24, 2.45) is 0 Å². The molecule has 1 aliphatic carbocycles. The van der Waals surface area contributed by atoms with E-state index in [1.54, 1.807) is 11.3 Å². The summed E-state index contributed by atoms with van der Waals surface area (Å²) in [4.78, 5) is 1.47. The van der Waals surface area contributed by atoms with Gasteiger partial charge in [0.15, 0.2) is 0 Å². The van der Waals surface area contributed by atoms with E-state index in [0.717, 1.165) is 10.3 Å². The fourth-order valence-corrected chi connectivity index (χ4v) is 3.64. The lowest BCUT2D eigenvalue weighted by atomic mass is 9.96. The van der Waals surface area contributed by atoms with E-state index < -0.39 is 0 Å². The zero-order valence-corrected chi connectivity index (χ0v) is 10.7. The van der Waals surface area contributed by atoms with Crippen molar-refractivity contribution < 1.29 is 0 Å². The molecule has 2 unspecified atom stereocenters. The molecule has 0 amide bonds. The fourth-order valence-electron chi connectivity index (χ4n) is 2.43. The van der Waals surface area contributed by atoms with E-state index in [2.05, 4.69) is 18.4 Å². The molecule has 0 bridgehead atoms. The summed E-state index contributed by atoms with van der Waals surface area (Å²) in [6.07, 6.45) is 6.65. The molecule has 0 radical (unpaired) electrons. The smallest absolute Gasteiger partial charge is 0.0931 e. The van der Waals surface area contributed by atoms with Gasteiger partial charge in [0.2, 0.25) is 0 Å². The number of thiophene rings is 1. The summed E-state index contributed by atoms with van der Waals surface area (Å²) in [5.41, 5.74) is 0. The topological polar surface area (TPSA) is 12.0 Å². The summed E-state index contributed by atoms with van der Waals surface area (Å²) in [6.45, 7) is 0. The minimum absolute atomic E-state index is 0.693. The van der Waals surface area contributed by atoms with Gasteiger partial charge in [-0.1, -0.05) is 24.4 Å². The highest BCUT2D eigenvalue weighted by molar-refractivity contribution is 7.16. The molecule has 1 fully saturated rings. The maximum absolute atomic E-state index is 5.99. The number of nitrogens with one attached hydrogen (secondary N) is 1. The maximum Gasteiger partial charge on any atom is 0.0931 e. The lowest BCUT2D eigenvalue weighted by Gasteiger charge is -2.18. The molecule has 1 saturated carbocycles. The van der Waals surface area contributed by atoms with Gasteiger partial charge >= 0.3 is 0 Å². The molecule has 84 valence electrons. The molecule has 0 saturated heterocycles. The molecule has 1 nitrogen and oxygen atoms in total. The van der Waals surface area contributed by atoms with Gasteiger partial charge in [-0.15, -0.1) is 11.3 Å². The van der Waals surface area contributed by atoms with Crippen LogP contribution >= 0.6 is 22.9 Å². The van der Waals surface area contributed by atoms with Crippen LogP contribution in [0.5, 0.6) is 0 Å². The second-order valence-electron chi connectivity index (χ2n) is 4.34. The third-order valence-corrected chi connectivity index (χ3v) is 4.72. The first kappa shape index (κ1) is 11.4. The van der Waals surface area contributed by atoms with E-state index in [0.29, 0.717) is 6.04 Å². The van der Waals surface area contributed by atoms with Crippen LogP contribution in [-0.2, 0) is 0 Å². The second kappa shape index (κ2) is 5.33. The maximum atomic E-state index is 5.99. The van der Waals surface area contributed by atoms with Crippen molar-refractivity contribution in [3.8, 4) is 0 Å². The molecule has 0 aliphatic heterocycles. The molecular weight excluding hydrogens is 226 g/mol. The average molecular weight is 244 g/mol. The molecular formula is C12H18ClNS. The zero-order chi connectivity index (χ0) is 10.7. The number of hydrogen-bond acceptors (Lipinski definition) is 2. The number of rotatable bonds is 2. The Labute approximate surface area is 101 Å². The Kier molecular flexibility index (Phi) is 4.06. The Morgan fingerprint density at radius 2 is 2.13 bits per heavy atom. The molecule has 1 N–H and O–H groups in total. The van der Waals surface area contributed by atoms with E-state index in [1.807, 2.05) is 6.07 Å². The molecule has 1 aromatic rings. The van der Waals surface area contributed by atoms with Crippen LogP contribution in [0.2, 0.25) is 4.34 Å². The zero-order valence-electron chi connectivity index (χ0n) is 9.13. The molecule has 15 heavy (non-hydrogen) atoms. The molecule has 0 aromatic carbocycles. The lowest BCUT2D eigenvalue weighted by Crippen LogP contribution is -2.25. The van der Waals surface area contributed by atoms with E-state index in [-0.39, 0.29) is 0 Å². The van der Waals surface area contributed by atoms with Crippen LogP contribution in [0, 0.1) is 0 Å². The van der Waals surface area contributed by atoms with Crippen LogP contribution in [0.25, 0.3) is 0 Å². The predicted octanol–water partition coefficient (Wildman–Crippen LogP) is 4.04. The summed E-state index contributed by atoms with van der Waals surface area (Å²) in [5, 5.41) is 3.42. The lowest BCUT2D eigenvalue weighted by molar-refractivity contribution is 0.474. The summed E-state index contributed by atoms with van der Waals surface area (Å²) in [7, 11) is 2.08. The molecule has 3 heteroatoms. The summed E-state index contributed by atoms with van der Waals surface area (Å²) in [5.74, 6) is 0.724. The highest BCUT2D eigenvalue weighted by Gasteiger charge is 2.21. The highest BCUT2D eigenvalue weighted by Crippen LogP contribution is 2.36. The van der Waals surface area contributed by atoms with Crippen molar-refractivity contribution in [2.45, 2.75) is 44.1 Å². The van der Waals surface area contributed by atoms with Gasteiger partial charge in [-0.25, -0.2) is 0 Å². The van der Waals surface area contributed by atoms with Crippen molar-refractivity contribution in [1.29, 1.82) is 0 Å². The first-order valence-corrected chi connectivity index (χ1v) is 6.91. The van der Waals surface area contributed by atoms with E-state index in [9.17, 15) is 0 Å². The Balaban J connectivity index is 2.07. The molecule has 1 heterocycles. The molecule has 2 atom stereocenters. The van der Waals surface area contributed by atoms with Gasteiger partial charge < -0.3 is 5.32 Å². The molecule has 2 rings (SSSR count). The number of halogens is 1. The summed E-state index contributed by atoms with van der Waals surface area (Å²) >= 11 is 7.75. The Bertz CT molecular complexity index is 310.